The predicted molar refractivity (Wildman–Crippen MR) is 117 cm³/mol. The third kappa shape index (κ3) is 4.35. The molecule has 1 aromatic carbocycles. The summed E-state index contributed by atoms with van der Waals surface area (Å²) in [7, 11) is 0. The van der Waals surface area contributed by atoms with Crippen LogP contribution in [0, 0.1) is 11.3 Å². The van der Waals surface area contributed by atoms with Crippen LogP contribution in [0.4, 0.5) is 4.39 Å². The fourth-order valence-corrected chi connectivity index (χ4v) is 4.23. The molecule has 2 atom stereocenters. The molecule has 1 aliphatic heterocycles. The molecular formula is C25H22FN3O3. The van der Waals surface area contributed by atoms with Gasteiger partial charge in [-0.25, -0.2) is 4.39 Å². The van der Waals surface area contributed by atoms with Crippen LogP contribution in [0.15, 0.2) is 48.7 Å². The summed E-state index contributed by atoms with van der Waals surface area (Å²) < 4.78 is 14.3. The van der Waals surface area contributed by atoms with Crippen LogP contribution in [-0.4, -0.2) is 45.6 Å². The molecule has 7 heteroatoms. The molecule has 0 N–H and O–H groups in total. The first-order chi connectivity index (χ1) is 15.3. The number of fused-ring (bicyclic) bond motifs is 1. The lowest BCUT2D eigenvalue weighted by Gasteiger charge is -2.19. The number of amides is 1. The second-order valence-corrected chi connectivity index (χ2v) is 8.46. The monoisotopic (exact) mass is 431 g/mol. The minimum Gasteiger partial charge on any atom is -0.323 e. The van der Waals surface area contributed by atoms with Crippen LogP contribution in [0.5, 0.6) is 0 Å². The molecule has 162 valence electrons. The van der Waals surface area contributed by atoms with E-state index in [1.807, 2.05) is 30.3 Å². The number of halogens is 1. The van der Waals surface area contributed by atoms with Gasteiger partial charge in [0, 0.05) is 42.8 Å². The molecule has 1 amide bonds. The molecule has 1 aromatic heterocycles. The van der Waals surface area contributed by atoms with Crippen molar-refractivity contribution >= 4 is 33.9 Å². The lowest BCUT2D eigenvalue weighted by atomic mass is 9.95. The summed E-state index contributed by atoms with van der Waals surface area (Å²) in [5, 5.41) is 9.89. The Balaban J connectivity index is 1.53. The second kappa shape index (κ2) is 8.46. The molecule has 2 aliphatic rings. The topological polar surface area (TPSA) is 91.1 Å². The zero-order chi connectivity index (χ0) is 22.9. The number of carbonyl (C=O) groups is 3. The SMILES string of the molecule is CC1(F)C[C@@H](C#N)N(C(=O)CCC(=O)c2ccnc3ccc(C4=CCC(=O)C=C4)cc23)C1. The van der Waals surface area contributed by atoms with Crippen molar-refractivity contribution in [3.8, 4) is 6.07 Å². The fraction of sp³-hybridized carbons (Fsp3) is 0.320. The Morgan fingerprint density at radius 1 is 1.28 bits per heavy atom. The summed E-state index contributed by atoms with van der Waals surface area (Å²) in [6.45, 7) is 1.24. The molecule has 1 saturated heterocycles. The summed E-state index contributed by atoms with van der Waals surface area (Å²) in [6.07, 6.45) is 6.87. The van der Waals surface area contributed by atoms with Gasteiger partial charge in [0.1, 0.15) is 11.7 Å². The number of hydrogen-bond acceptors (Lipinski definition) is 5. The summed E-state index contributed by atoms with van der Waals surface area (Å²) in [5.41, 5.74) is 1.28. The van der Waals surface area contributed by atoms with Gasteiger partial charge in [0.05, 0.1) is 18.1 Å². The van der Waals surface area contributed by atoms with E-state index < -0.39 is 17.6 Å². The van der Waals surface area contributed by atoms with Crippen molar-refractivity contribution in [1.82, 2.24) is 9.88 Å². The van der Waals surface area contributed by atoms with Crippen LogP contribution in [0.3, 0.4) is 0 Å². The smallest absolute Gasteiger partial charge is 0.224 e. The summed E-state index contributed by atoms with van der Waals surface area (Å²) in [5.74, 6) is -0.573. The van der Waals surface area contributed by atoms with Crippen molar-refractivity contribution in [1.29, 1.82) is 5.26 Å². The molecule has 4 rings (SSSR count). The molecule has 2 heterocycles. The Morgan fingerprint density at radius 2 is 2.09 bits per heavy atom. The number of Topliss-reactive ketones (excluding diaryl/α,β-unsaturated/α-hetero) is 1. The summed E-state index contributed by atoms with van der Waals surface area (Å²) >= 11 is 0. The first kappa shape index (κ1) is 21.6. The van der Waals surface area contributed by atoms with Crippen molar-refractivity contribution in [2.24, 2.45) is 0 Å². The van der Waals surface area contributed by atoms with E-state index in [4.69, 9.17) is 0 Å². The third-order valence-electron chi connectivity index (χ3n) is 5.88. The van der Waals surface area contributed by atoms with Crippen molar-refractivity contribution in [2.45, 2.75) is 44.3 Å². The number of hydrogen-bond donors (Lipinski definition) is 0. The standard InChI is InChI=1S/C25H22FN3O3/c1-25(26)13-18(14-27)29(15-25)24(32)9-8-23(31)20-10-11-28-22-7-4-17(12-21(20)22)16-2-5-19(30)6-3-16/h2-5,7,10-12,18H,6,8-9,13,15H2,1H3/t18-,25?/m0/s1. The number of nitriles is 1. The molecule has 6 nitrogen and oxygen atoms in total. The highest BCUT2D eigenvalue weighted by Gasteiger charge is 2.43. The quantitative estimate of drug-likeness (QED) is 0.668. The lowest BCUT2D eigenvalue weighted by Crippen LogP contribution is -2.36. The number of nitrogens with zero attached hydrogens (tertiary/aromatic N) is 3. The van der Waals surface area contributed by atoms with Crippen LogP contribution in [0.25, 0.3) is 16.5 Å². The zero-order valence-corrected chi connectivity index (χ0v) is 17.7. The van der Waals surface area contributed by atoms with Crippen LogP contribution in [0.2, 0.25) is 0 Å². The second-order valence-electron chi connectivity index (χ2n) is 8.46. The van der Waals surface area contributed by atoms with E-state index in [1.54, 1.807) is 18.3 Å². The van der Waals surface area contributed by atoms with E-state index in [0.29, 0.717) is 22.9 Å². The first-order valence-corrected chi connectivity index (χ1v) is 10.5. The van der Waals surface area contributed by atoms with E-state index in [9.17, 15) is 24.0 Å². The first-order valence-electron chi connectivity index (χ1n) is 10.5. The Kier molecular flexibility index (Phi) is 5.70. The van der Waals surface area contributed by atoms with Gasteiger partial charge in [0.15, 0.2) is 11.6 Å². The van der Waals surface area contributed by atoms with Crippen molar-refractivity contribution in [2.75, 3.05) is 6.54 Å². The van der Waals surface area contributed by atoms with Crippen molar-refractivity contribution in [3.05, 3.63) is 59.8 Å². The number of allylic oxidation sites excluding steroid dienone is 4. The number of aromatic nitrogens is 1. The summed E-state index contributed by atoms with van der Waals surface area (Å²) in [4.78, 5) is 42.6. The molecule has 0 spiro atoms. The maximum absolute atomic E-state index is 14.3. The van der Waals surface area contributed by atoms with Crippen molar-refractivity contribution in [3.63, 3.8) is 0 Å². The van der Waals surface area contributed by atoms with Gasteiger partial charge in [-0.1, -0.05) is 18.2 Å². The highest BCUT2D eigenvalue weighted by Crippen LogP contribution is 2.31. The summed E-state index contributed by atoms with van der Waals surface area (Å²) in [6, 6.07) is 8.37. The molecule has 1 unspecified atom stereocenters. The van der Waals surface area contributed by atoms with Crippen LogP contribution >= 0.6 is 0 Å². The number of carbonyl (C=O) groups excluding carboxylic acids is 3. The Labute approximate surface area is 185 Å². The number of ketones is 2. The number of benzene rings is 1. The minimum absolute atomic E-state index is 0.0170. The normalized spacial score (nSPS) is 22.7. The molecule has 0 saturated carbocycles. The molecule has 2 aromatic rings. The maximum Gasteiger partial charge on any atom is 0.224 e. The molecule has 0 radical (unpaired) electrons. The Morgan fingerprint density at radius 3 is 2.81 bits per heavy atom. The predicted octanol–water partition coefficient (Wildman–Crippen LogP) is 3.96. The van der Waals surface area contributed by atoms with Gasteiger partial charge in [0.2, 0.25) is 5.91 Å². The van der Waals surface area contributed by atoms with Crippen LogP contribution in [0.1, 0.15) is 48.5 Å². The number of pyridine rings is 1. The van der Waals surface area contributed by atoms with Crippen LogP contribution < -0.4 is 0 Å². The van der Waals surface area contributed by atoms with Crippen LogP contribution in [-0.2, 0) is 9.59 Å². The van der Waals surface area contributed by atoms with E-state index >= 15 is 0 Å². The fourth-order valence-electron chi connectivity index (χ4n) is 4.23. The highest BCUT2D eigenvalue weighted by atomic mass is 19.1. The number of likely N-dealkylation sites (tertiary alicyclic amines) is 1. The number of alkyl halides is 1. The van der Waals surface area contributed by atoms with E-state index in [-0.39, 0.29) is 37.4 Å². The minimum atomic E-state index is -1.59. The van der Waals surface area contributed by atoms with Gasteiger partial charge in [0.25, 0.3) is 0 Å². The molecule has 1 fully saturated rings. The highest BCUT2D eigenvalue weighted by molar-refractivity contribution is 6.09. The van der Waals surface area contributed by atoms with Gasteiger partial charge < -0.3 is 4.90 Å². The van der Waals surface area contributed by atoms with Gasteiger partial charge >= 0.3 is 0 Å². The van der Waals surface area contributed by atoms with Gasteiger partial charge in [-0.15, -0.1) is 0 Å². The molecule has 1 aliphatic carbocycles. The maximum atomic E-state index is 14.3. The van der Waals surface area contributed by atoms with E-state index in [1.165, 1.54) is 17.9 Å². The molecule has 32 heavy (non-hydrogen) atoms. The van der Waals surface area contributed by atoms with E-state index in [2.05, 4.69) is 4.98 Å². The van der Waals surface area contributed by atoms with Gasteiger partial charge in [-0.2, -0.15) is 5.26 Å². The average Bonchev–Trinajstić information content (AvgIpc) is 3.11. The van der Waals surface area contributed by atoms with Crippen molar-refractivity contribution < 1.29 is 18.8 Å². The zero-order valence-electron chi connectivity index (χ0n) is 17.7. The van der Waals surface area contributed by atoms with Gasteiger partial charge in [-0.3, -0.25) is 19.4 Å². The average molecular weight is 431 g/mol. The Bertz CT molecular complexity index is 1220. The largest absolute Gasteiger partial charge is 0.323 e. The number of rotatable bonds is 5. The third-order valence-corrected chi connectivity index (χ3v) is 5.88. The molecular weight excluding hydrogens is 409 g/mol. The van der Waals surface area contributed by atoms with E-state index in [0.717, 1.165) is 11.1 Å². The lowest BCUT2D eigenvalue weighted by molar-refractivity contribution is -0.131. The Hall–Kier alpha value is -3.66. The molecule has 0 bridgehead atoms. The van der Waals surface area contributed by atoms with Gasteiger partial charge in [-0.05, 0) is 42.3 Å².